The van der Waals surface area contributed by atoms with Gasteiger partial charge in [-0.25, -0.2) is 0 Å². The van der Waals surface area contributed by atoms with Crippen LogP contribution in [-0.4, -0.2) is 26.5 Å². The van der Waals surface area contributed by atoms with Crippen LogP contribution in [0.4, 0.5) is 5.00 Å². The van der Waals surface area contributed by atoms with Crippen LogP contribution in [0.25, 0.3) is 0 Å². The van der Waals surface area contributed by atoms with E-state index in [2.05, 4.69) is 32.0 Å². The molecule has 0 saturated carbocycles. The molecule has 0 bridgehead atoms. The number of H-pyrrole nitrogens is 1. The Morgan fingerprint density at radius 1 is 1.53 bits per heavy atom. The minimum atomic E-state index is -0.489. The van der Waals surface area contributed by atoms with Gasteiger partial charge in [0.25, 0.3) is 11.7 Å². The highest BCUT2D eigenvalue weighted by atomic mass is 32.1. The van der Waals surface area contributed by atoms with Gasteiger partial charge in [0.05, 0.1) is 5.56 Å². The number of anilines is 1. The number of aryl methyl sites for hydroxylation is 1. The molecule has 0 aliphatic heterocycles. The molecule has 2 aromatic rings. The number of amides is 1. The Morgan fingerprint density at radius 3 is 2.88 bits per heavy atom. The van der Waals surface area contributed by atoms with Crippen molar-refractivity contribution in [3.63, 3.8) is 0 Å². The first kappa shape index (κ1) is 11.2. The summed E-state index contributed by atoms with van der Waals surface area (Å²) in [5.41, 5.74) is 1.35. The van der Waals surface area contributed by atoms with Gasteiger partial charge in [-0.1, -0.05) is 0 Å². The van der Waals surface area contributed by atoms with Gasteiger partial charge < -0.3 is 5.32 Å². The molecule has 0 spiro atoms. The Kier molecular flexibility index (Phi) is 2.84. The summed E-state index contributed by atoms with van der Waals surface area (Å²) in [6.07, 6.45) is 0. The number of nitriles is 1. The number of nitrogens with zero attached hydrogens (tertiary/aromatic N) is 4. The monoisotopic (exact) mass is 248 g/mol. The minimum Gasteiger partial charge on any atom is -0.310 e. The Labute approximate surface area is 100 Å². The van der Waals surface area contributed by atoms with Crippen molar-refractivity contribution in [1.29, 1.82) is 5.26 Å². The zero-order chi connectivity index (χ0) is 12.4. The van der Waals surface area contributed by atoms with Crippen molar-refractivity contribution >= 4 is 22.2 Å². The summed E-state index contributed by atoms with van der Waals surface area (Å²) >= 11 is 1.35. The second kappa shape index (κ2) is 4.31. The molecule has 0 fully saturated rings. The second-order valence-corrected chi connectivity index (χ2v) is 4.51. The lowest BCUT2D eigenvalue weighted by Crippen LogP contribution is -2.13. The number of carbonyl (C=O) groups excluding carboxylic acids is 1. The normalized spacial score (nSPS) is 9.94. The third-order valence-corrected chi connectivity index (χ3v) is 3.40. The quantitative estimate of drug-likeness (QED) is 0.824. The summed E-state index contributed by atoms with van der Waals surface area (Å²) in [7, 11) is 0. The average Bonchev–Trinajstić information content (AvgIpc) is 2.89. The van der Waals surface area contributed by atoms with E-state index < -0.39 is 5.91 Å². The largest absolute Gasteiger partial charge is 0.310 e. The zero-order valence-electron chi connectivity index (χ0n) is 9.11. The van der Waals surface area contributed by atoms with Crippen LogP contribution in [0.15, 0.2) is 0 Å². The maximum absolute atomic E-state index is 11.7. The number of hydrogen-bond acceptors (Lipinski definition) is 6. The van der Waals surface area contributed by atoms with Crippen molar-refractivity contribution in [3.05, 3.63) is 21.8 Å². The van der Waals surface area contributed by atoms with Crippen LogP contribution in [0.1, 0.15) is 26.6 Å². The van der Waals surface area contributed by atoms with Gasteiger partial charge in [-0.3, -0.25) is 4.79 Å². The number of aromatic nitrogens is 4. The Bertz CT molecular complexity index is 594. The number of tetrazole rings is 1. The molecular weight excluding hydrogens is 240 g/mol. The molecule has 0 aliphatic rings. The minimum absolute atomic E-state index is 0.0578. The summed E-state index contributed by atoms with van der Waals surface area (Å²) < 4.78 is 0. The van der Waals surface area contributed by atoms with E-state index in [1.807, 2.05) is 13.8 Å². The van der Waals surface area contributed by atoms with E-state index in [-0.39, 0.29) is 5.82 Å². The third kappa shape index (κ3) is 2.00. The van der Waals surface area contributed by atoms with Crippen LogP contribution in [0.2, 0.25) is 0 Å². The molecule has 86 valence electrons. The molecule has 8 heteroatoms. The van der Waals surface area contributed by atoms with Crippen molar-refractivity contribution in [2.24, 2.45) is 0 Å². The van der Waals surface area contributed by atoms with E-state index in [9.17, 15) is 4.79 Å². The number of rotatable bonds is 2. The van der Waals surface area contributed by atoms with E-state index in [0.29, 0.717) is 10.6 Å². The first-order chi connectivity index (χ1) is 8.13. The topological polar surface area (TPSA) is 107 Å². The lowest BCUT2D eigenvalue weighted by atomic mass is 10.2. The van der Waals surface area contributed by atoms with E-state index in [1.165, 1.54) is 11.3 Å². The molecule has 7 nitrogen and oxygen atoms in total. The van der Waals surface area contributed by atoms with Crippen LogP contribution in [0.3, 0.4) is 0 Å². The van der Waals surface area contributed by atoms with Crippen molar-refractivity contribution in [2.75, 3.05) is 5.32 Å². The molecule has 1 amide bonds. The maximum atomic E-state index is 11.7. The van der Waals surface area contributed by atoms with Crippen LogP contribution in [0, 0.1) is 25.2 Å². The fraction of sp³-hybridized carbons (Fsp3) is 0.222. The molecule has 2 rings (SSSR count). The first-order valence-corrected chi connectivity index (χ1v) is 5.50. The molecule has 2 N–H and O–H groups in total. The zero-order valence-corrected chi connectivity index (χ0v) is 9.92. The molecule has 0 atom stereocenters. The fourth-order valence-electron chi connectivity index (χ4n) is 1.27. The second-order valence-electron chi connectivity index (χ2n) is 3.29. The molecule has 0 radical (unpaired) electrons. The lowest BCUT2D eigenvalue weighted by molar-refractivity contribution is 0.101. The molecule has 0 unspecified atom stereocenters. The van der Waals surface area contributed by atoms with Crippen LogP contribution < -0.4 is 5.32 Å². The van der Waals surface area contributed by atoms with Gasteiger partial charge in [-0.05, 0) is 24.6 Å². The highest BCUT2D eigenvalue weighted by molar-refractivity contribution is 7.16. The molecule has 0 aliphatic carbocycles. The van der Waals surface area contributed by atoms with E-state index in [0.717, 1.165) is 10.4 Å². The predicted octanol–water partition coefficient (Wildman–Crippen LogP) is 1.00. The van der Waals surface area contributed by atoms with Crippen LogP contribution >= 0.6 is 11.3 Å². The highest BCUT2D eigenvalue weighted by Gasteiger charge is 2.17. The number of aromatic amines is 1. The van der Waals surface area contributed by atoms with Gasteiger partial charge in [-0.2, -0.15) is 10.5 Å². The number of hydrogen-bond donors (Lipinski definition) is 2. The van der Waals surface area contributed by atoms with Gasteiger partial charge in [0.1, 0.15) is 11.1 Å². The highest BCUT2D eigenvalue weighted by Crippen LogP contribution is 2.31. The van der Waals surface area contributed by atoms with E-state index in [4.69, 9.17) is 5.26 Å². The third-order valence-electron chi connectivity index (χ3n) is 2.27. The summed E-state index contributed by atoms with van der Waals surface area (Å²) in [5.74, 6) is -0.547. The van der Waals surface area contributed by atoms with Crippen LogP contribution in [0.5, 0.6) is 0 Å². The summed E-state index contributed by atoms with van der Waals surface area (Å²) in [5, 5.41) is 24.7. The average molecular weight is 248 g/mol. The molecule has 2 heterocycles. The smallest absolute Gasteiger partial charge is 0.297 e. The molecular formula is C9H8N6OS. The molecule has 2 aromatic heterocycles. The number of thiophene rings is 1. The van der Waals surface area contributed by atoms with Crippen molar-refractivity contribution in [3.8, 4) is 6.07 Å². The van der Waals surface area contributed by atoms with E-state index in [1.54, 1.807) is 0 Å². The van der Waals surface area contributed by atoms with Gasteiger partial charge in [0.2, 0.25) is 0 Å². The van der Waals surface area contributed by atoms with E-state index >= 15 is 0 Å². The summed E-state index contributed by atoms with van der Waals surface area (Å²) in [4.78, 5) is 12.7. The lowest BCUT2D eigenvalue weighted by Gasteiger charge is -1.98. The van der Waals surface area contributed by atoms with Crippen molar-refractivity contribution in [2.45, 2.75) is 13.8 Å². The van der Waals surface area contributed by atoms with Crippen molar-refractivity contribution < 1.29 is 4.79 Å². The number of carbonyl (C=O) groups is 1. The summed E-state index contributed by atoms with van der Waals surface area (Å²) in [6, 6.07) is 2.07. The number of nitrogens with one attached hydrogen (secondary N) is 2. The van der Waals surface area contributed by atoms with Gasteiger partial charge in [0, 0.05) is 4.88 Å². The first-order valence-electron chi connectivity index (χ1n) is 4.68. The SMILES string of the molecule is Cc1sc(NC(=O)c2nn[nH]n2)c(C#N)c1C. The Balaban J connectivity index is 2.29. The maximum Gasteiger partial charge on any atom is 0.297 e. The predicted molar refractivity (Wildman–Crippen MR) is 60.6 cm³/mol. The Hall–Kier alpha value is -2.27. The molecule has 17 heavy (non-hydrogen) atoms. The summed E-state index contributed by atoms with van der Waals surface area (Å²) in [6.45, 7) is 3.74. The van der Waals surface area contributed by atoms with Crippen LogP contribution in [-0.2, 0) is 0 Å². The molecule has 0 aromatic carbocycles. The van der Waals surface area contributed by atoms with Gasteiger partial charge in [-0.15, -0.1) is 21.5 Å². The standard InChI is InChI=1S/C9H8N6OS/c1-4-5(2)17-9(6(4)3-10)11-8(16)7-12-14-15-13-7/h1-2H3,(H,11,16)(H,12,13,14,15). The fourth-order valence-corrected chi connectivity index (χ4v) is 2.27. The Morgan fingerprint density at radius 2 is 2.29 bits per heavy atom. The molecule has 0 saturated heterocycles. The van der Waals surface area contributed by atoms with Gasteiger partial charge in [0.15, 0.2) is 0 Å². The van der Waals surface area contributed by atoms with Crippen molar-refractivity contribution in [1.82, 2.24) is 20.6 Å². The van der Waals surface area contributed by atoms with Gasteiger partial charge >= 0.3 is 0 Å².